The van der Waals surface area contributed by atoms with Gasteiger partial charge in [-0.05, 0) is 11.5 Å². The van der Waals surface area contributed by atoms with Gasteiger partial charge in [-0.25, -0.2) is 0 Å². The summed E-state index contributed by atoms with van der Waals surface area (Å²) in [5.41, 5.74) is 0.623. The van der Waals surface area contributed by atoms with Crippen LogP contribution in [0.5, 0.6) is 0 Å². The van der Waals surface area contributed by atoms with Gasteiger partial charge in [0.1, 0.15) is 11.5 Å². The van der Waals surface area contributed by atoms with E-state index in [1.165, 1.54) is 11.5 Å². The van der Waals surface area contributed by atoms with Crippen LogP contribution in [0.2, 0.25) is 0 Å². The maximum atomic E-state index is 10.1. The van der Waals surface area contributed by atoms with Crippen LogP contribution in [0.15, 0.2) is 5.38 Å². The number of carbonyl (C=O) groups excluding carboxylic acids is 1. The fourth-order valence-electron chi connectivity index (χ4n) is 0.370. The Bertz CT molecular complexity index is 186. The molecule has 1 aromatic rings. The SMILES string of the molecule is O=CC(S)c1csnn1. The summed E-state index contributed by atoms with van der Waals surface area (Å²) in [4.78, 5) is 10.1. The van der Waals surface area contributed by atoms with Crippen molar-refractivity contribution in [2.45, 2.75) is 5.25 Å². The standard InChI is InChI=1S/C4H4N2OS2/c7-1-4(8)3-2-9-6-5-3/h1-2,4,8H. The van der Waals surface area contributed by atoms with Crippen molar-refractivity contribution in [1.29, 1.82) is 0 Å². The van der Waals surface area contributed by atoms with E-state index in [1.807, 2.05) is 0 Å². The molecule has 1 heterocycles. The van der Waals surface area contributed by atoms with Gasteiger partial charge in [0.25, 0.3) is 0 Å². The highest BCUT2D eigenvalue weighted by Crippen LogP contribution is 2.14. The first-order chi connectivity index (χ1) is 4.34. The van der Waals surface area contributed by atoms with Crippen LogP contribution in [-0.2, 0) is 4.79 Å². The third-order valence-electron chi connectivity index (χ3n) is 0.809. The molecule has 1 rings (SSSR count). The number of aromatic nitrogens is 2. The van der Waals surface area contributed by atoms with E-state index in [0.717, 1.165) is 6.29 Å². The van der Waals surface area contributed by atoms with Crippen molar-refractivity contribution >= 4 is 30.4 Å². The topological polar surface area (TPSA) is 42.9 Å². The second-order valence-corrected chi connectivity index (χ2v) is 2.58. The second-order valence-electron chi connectivity index (χ2n) is 1.41. The van der Waals surface area contributed by atoms with E-state index in [-0.39, 0.29) is 0 Å². The summed E-state index contributed by atoms with van der Waals surface area (Å²) in [5.74, 6) is 0. The highest BCUT2D eigenvalue weighted by atomic mass is 32.1. The van der Waals surface area contributed by atoms with Gasteiger partial charge in [-0.2, -0.15) is 12.6 Å². The van der Waals surface area contributed by atoms with E-state index in [9.17, 15) is 4.79 Å². The fraction of sp³-hybridized carbons (Fsp3) is 0.250. The van der Waals surface area contributed by atoms with Crippen LogP contribution in [0.4, 0.5) is 0 Å². The van der Waals surface area contributed by atoms with Crippen molar-refractivity contribution in [1.82, 2.24) is 9.59 Å². The molecule has 1 unspecified atom stereocenters. The van der Waals surface area contributed by atoms with Crippen LogP contribution < -0.4 is 0 Å². The zero-order valence-electron chi connectivity index (χ0n) is 4.39. The molecule has 0 aliphatic carbocycles. The highest BCUT2D eigenvalue weighted by molar-refractivity contribution is 7.81. The molecule has 0 amide bonds. The Kier molecular flexibility index (Phi) is 2.18. The maximum Gasteiger partial charge on any atom is 0.138 e. The van der Waals surface area contributed by atoms with Gasteiger partial charge in [0.15, 0.2) is 0 Å². The van der Waals surface area contributed by atoms with Crippen molar-refractivity contribution in [3.05, 3.63) is 11.1 Å². The van der Waals surface area contributed by atoms with Crippen LogP contribution in [0.25, 0.3) is 0 Å². The van der Waals surface area contributed by atoms with E-state index >= 15 is 0 Å². The number of nitrogens with zero attached hydrogens (tertiary/aromatic N) is 2. The van der Waals surface area contributed by atoms with Crippen LogP contribution >= 0.6 is 24.2 Å². The molecule has 1 aromatic heterocycles. The lowest BCUT2D eigenvalue weighted by Crippen LogP contribution is -1.90. The molecule has 48 valence electrons. The van der Waals surface area contributed by atoms with Gasteiger partial charge < -0.3 is 4.79 Å². The number of rotatable bonds is 2. The lowest BCUT2D eigenvalue weighted by Gasteiger charge is -1.90. The summed E-state index contributed by atoms with van der Waals surface area (Å²) in [5, 5.41) is 4.94. The molecule has 0 saturated carbocycles. The number of thiol groups is 1. The molecule has 0 saturated heterocycles. The van der Waals surface area contributed by atoms with Crippen molar-refractivity contribution < 1.29 is 4.79 Å². The Morgan fingerprint density at radius 3 is 3.11 bits per heavy atom. The van der Waals surface area contributed by atoms with Crippen LogP contribution in [0.3, 0.4) is 0 Å². The number of aldehydes is 1. The number of hydrogen-bond donors (Lipinski definition) is 1. The van der Waals surface area contributed by atoms with Crippen LogP contribution in [0.1, 0.15) is 10.9 Å². The normalized spacial score (nSPS) is 13.0. The first-order valence-electron chi connectivity index (χ1n) is 2.25. The van der Waals surface area contributed by atoms with Gasteiger partial charge >= 0.3 is 0 Å². The summed E-state index contributed by atoms with van der Waals surface area (Å²) in [6.45, 7) is 0. The van der Waals surface area contributed by atoms with Crippen molar-refractivity contribution in [2.75, 3.05) is 0 Å². The Labute approximate surface area is 61.7 Å². The molecule has 5 heteroatoms. The minimum absolute atomic E-state index is 0.413. The third kappa shape index (κ3) is 1.49. The lowest BCUT2D eigenvalue weighted by molar-refractivity contribution is -0.107. The lowest BCUT2D eigenvalue weighted by atomic mass is 10.4. The smallest absolute Gasteiger partial charge is 0.138 e. The molecule has 0 N–H and O–H groups in total. The van der Waals surface area contributed by atoms with Gasteiger partial charge in [0.05, 0.1) is 5.69 Å². The number of carbonyl (C=O) groups is 1. The summed E-state index contributed by atoms with van der Waals surface area (Å²) in [6, 6.07) is 0. The highest BCUT2D eigenvalue weighted by Gasteiger charge is 2.05. The van der Waals surface area contributed by atoms with E-state index in [1.54, 1.807) is 5.38 Å². The predicted octanol–water partition coefficient (Wildman–Crippen LogP) is 0.708. The first kappa shape index (κ1) is 6.70. The summed E-state index contributed by atoms with van der Waals surface area (Å²) in [6.07, 6.45) is 0.722. The number of hydrogen-bond acceptors (Lipinski definition) is 5. The van der Waals surface area contributed by atoms with Gasteiger partial charge in [-0.15, -0.1) is 5.10 Å². The summed E-state index contributed by atoms with van der Waals surface area (Å²) < 4.78 is 3.58. The zero-order chi connectivity index (χ0) is 6.69. The molecular formula is C4H4N2OS2. The molecule has 0 spiro atoms. The van der Waals surface area contributed by atoms with Gasteiger partial charge in [-0.3, -0.25) is 0 Å². The van der Waals surface area contributed by atoms with Crippen molar-refractivity contribution in [2.24, 2.45) is 0 Å². The molecule has 1 atom stereocenters. The summed E-state index contributed by atoms with van der Waals surface area (Å²) in [7, 11) is 0. The molecule has 3 nitrogen and oxygen atoms in total. The monoisotopic (exact) mass is 160 g/mol. The molecule has 0 aliphatic heterocycles. The minimum atomic E-state index is -0.413. The molecule has 0 fully saturated rings. The maximum absolute atomic E-state index is 10.1. The third-order valence-corrected chi connectivity index (χ3v) is 1.72. The predicted molar refractivity (Wildman–Crippen MR) is 37.7 cm³/mol. The average Bonchev–Trinajstić information content (AvgIpc) is 2.37. The minimum Gasteiger partial charge on any atom is -0.302 e. The van der Waals surface area contributed by atoms with Crippen molar-refractivity contribution in [3.63, 3.8) is 0 Å². The molecule has 0 radical (unpaired) electrons. The van der Waals surface area contributed by atoms with E-state index < -0.39 is 5.25 Å². The van der Waals surface area contributed by atoms with E-state index in [2.05, 4.69) is 22.2 Å². The van der Waals surface area contributed by atoms with Crippen molar-refractivity contribution in [3.8, 4) is 0 Å². The van der Waals surface area contributed by atoms with Gasteiger partial charge in [0, 0.05) is 5.38 Å². The zero-order valence-corrected chi connectivity index (χ0v) is 6.10. The summed E-state index contributed by atoms with van der Waals surface area (Å²) >= 11 is 5.14. The molecule has 0 aromatic carbocycles. The van der Waals surface area contributed by atoms with E-state index in [4.69, 9.17) is 0 Å². The molecular weight excluding hydrogens is 156 g/mol. The Balaban J connectivity index is 2.76. The molecule has 9 heavy (non-hydrogen) atoms. The Morgan fingerprint density at radius 1 is 1.89 bits per heavy atom. The second kappa shape index (κ2) is 2.93. The van der Waals surface area contributed by atoms with E-state index in [0.29, 0.717) is 5.69 Å². The Morgan fingerprint density at radius 2 is 2.67 bits per heavy atom. The Hall–Kier alpha value is -0.420. The van der Waals surface area contributed by atoms with Crippen LogP contribution in [-0.4, -0.2) is 15.9 Å². The van der Waals surface area contributed by atoms with Crippen LogP contribution in [0, 0.1) is 0 Å². The van der Waals surface area contributed by atoms with Gasteiger partial charge in [-0.1, -0.05) is 4.49 Å². The molecule has 0 bridgehead atoms. The quantitative estimate of drug-likeness (QED) is 0.511. The van der Waals surface area contributed by atoms with Gasteiger partial charge in [0.2, 0.25) is 0 Å². The molecule has 0 aliphatic rings. The first-order valence-corrected chi connectivity index (χ1v) is 3.60. The average molecular weight is 160 g/mol. The largest absolute Gasteiger partial charge is 0.302 e. The fourth-order valence-corrected chi connectivity index (χ4v) is 1.09.